The van der Waals surface area contributed by atoms with Crippen molar-refractivity contribution in [1.29, 1.82) is 0 Å². The molecule has 0 bridgehead atoms. The van der Waals surface area contributed by atoms with E-state index in [0.29, 0.717) is 12.1 Å². The van der Waals surface area contributed by atoms with Gasteiger partial charge >= 0.3 is 0 Å². The van der Waals surface area contributed by atoms with Crippen LogP contribution in [0.15, 0.2) is 48.8 Å². The fourth-order valence-electron chi connectivity index (χ4n) is 3.16. The van der Waals surface area contributed by atoms with Gasteiger partial charge in [-0.3, -0.25) is 4.98 Å². The van der Waals surface area contributed by atoms with Crippen LogP contribution in [0.25, 0.3) is 0 Å². The Labute approximate surface area is 133 Å². The Balaban J connectivity index is 1.68. The zero-order valence-electron chi connectivity index (χ0n) is 12.8. The lowest BCUT2D eigenvalue weighted by molar-refractivity contribution is 0.0564. The molecule has 0 spiro atoms. The number of benzene rings is 1. The molecule has 1 aliphatic heterocycles. The Morgan fingerprint density at radius 2 is 1.91 bits per heavy atom. The van der Waals surface area contributed by atoms with Crippen molar-refractivity contribution in [2.45, 2.75) is 24.9 Å². The number of ether oxygens (including phenoxy) is 1. The molecular formula is C18H21BN2O. The molecule has 0 saturated carbocycles. The van der Waals surface area contributed by atoms with Crippen molar-refractivity contribution in [3.63, 3.8) is 0 Å². The average Bonchev–Trinajstić information content (AvgIpc) is 2.57. The standard InChI is InChI=1S/C18H21BN2O/c19-17-10-15(11-21-12-17)13-22-14-18(6-8-20-9-7-18)16-4-2-1-3-5-16/h1-5,10-12,20H,6-9,13-14H2. The highest BCUT2D eigenvalue weighted by Gasteiger charge is 2.34. The van der Waals surface area contributed by atoms with Gasteiger partial charge in [0.2, 0.25) is 0 Å². The fraction of sp³-hybridized carbons (Fsp3) is 0.389. The van der Waals surface area contributed by atoms with Crippen molar-refractivity contribution in [3.05, 3.63) is 59.9 Å². The van der Waals surface area contributed by atoms with Gasteiger partial charge in [-0.1, -0.05) is 41.9 Å². The predicted octanol–water partition coefficient (Wildman–Crippen LogP) is 1.71. The van der Waals surface area contributed by atoms with E-state index in [2.05, 4.69) is 40.6 Å². The molecule has 0 aliphatic carbocycles. The van der Waals surface area contributed by atoms with Crippen molar-refractivity contribution >= 4 is 13.3 Å². The molecule has 1 fully saturated rings. The van der Waals surface area contributed by atoms with E-state index >= 15 is 0 Å². The molecule has 1 aromatic heterocycles. The predicted molar refractivity (Wildman–Crippen MR) is 89.5 cm³/mol. The summed E-state index contributed by atoms with van der Waals surface area (Å²) in [5.74, 6) is 0. The van der Waals surface area contributed by atoms with Gasteiger partial charge < -0.3 is 10.1 Å². The molecular weight excluding hydrogens is 271 g/mol. The smallest absolute Gasteiger partial charge is 0.115 e. The second-order valence-corrected chi connectivity index (χ2v) is 6.02. The van der Waals surface area contributed by atoms with Gasteiger partial charge in [0.1, 0.15) is 7.85 Å². The maximum Gasteiger partial charge on any atom is 0.115 e. The molecule has 2 radical (unpaired) electrons. The maximum absolute atomic E-state index is 6.05. The first kappa shape index (κ1) is 15.3. The third-order valence-corrected chi connectivity index (χ3v) is 4.41. The van der Waals surface area contributed by atoms with Gasteiger partial charge in [0.25, 0.3) is 0 Å². The third-order valence-electron chi connectivity index (χ3n) is 4.41. The van der Waals surface area contributed by atoms with Crippen LogP contribution in [0.3, 0.4) is 0 Å². The van der Waals surface area contributed by atoms with E-state index in [9.17, 15) is 0 Å². The summed E-state index contributed by atoms with van der Waals surface area (Å²) in [6.45, 7) is 3.36. The number of nitrogens with one attached hydrogen (secondary N) is 1. The molecule has 4 heteroatoms. The van der Waals surface area contributed by atoms with Gasteiger partial charge in [0, 0.05) is 17.8 Å². The van der Waals surface area contributed by atoms with Crippen LogP contribution >= 0.6 is 0 Å². The minimum absolute atomic E-state index is 0.111. The molecule has 112 valence electrons. The van der Waals surface area contributed by atoms with Crippen LogP contribution in [0, 0.1) is 0 Å². The summed E-state index contributed by atoms with van der Waals surface area (Å²) < 4.78 is 6.05. The van der Waals surface area contributed by atoms with Crippen molar-refractivity contribution in [3.8, 4) is 0 Å². The van der Waals surface area contributed by atoms with E-state index in [0.717, 1.165) is 38.1 Å². The Kier molecular flexibility index (Phi) is 4.91. The van der Waals surface area contributed by atoms with E-state index in [1.165, 1.54) is 5.56 Å². The van der Waals surface area contributed by atoms with Crippen molar-refractivity contribution in [1.82, 2.24) is 10.3 Å². The van der Waals surface area contributed by atoms with Crippen LogP contribution in [0.1, 0.15) is 24.0 Å². The van der Waals surface area contributed by atoms with E-state index in [1.54, 1.807) is 6.20 Å². The molecule has 1 aliphatic rings. The number of rotatable bonds is 5. The number of aromatic nitrogens is 1. The minimum atomic E-state index is 0.111. The van der Waals surface area contributed by atoms with E-state index in [1.807, 2.05) is 12.3 Å². The summed E-state index contributed by atoms with van der Waals surface area (Å²) >= 11 is 0. The fourth-order valence-corrected chi connectivity index (χ4v) is 3.16. The normalized spacial score (nSPS) is 17.3. The molecule has 0 unspecified atom stereocenters. The zero-order valence-corrected chi connectivity index (χ0v) is 12.8. The van der Waals surface area contributed by atoms with Crippen molar-refractivity contribution in [2.75, 3.05) is 19.7 Å². The van der Waals surface area contributed by atoms with E-state index < -0.39 is 0 Å². The van der Waals surface area contributed by atoms with Gasteiger partial charge in [-0.15, -0.1) is 0 Å². The highest BCUT2D eigenvalue weighted by atomic mass is 16.5. The molecule has 22 heavy (non-hydrogen) atoms. The SMILES string of the molecule is [B]c1cncc(COCC2(c3ccccc3)CCNCC2)c1. The molecule has 2 heterocycles. The van der Waals surface area contributed by atoms with Crippen LogP contribution in [-0.4, -0.2) is 32.5 Å². The summed E-state index contributed by atoms with van der Waals surface area (Å²) in [4.78, 5) is 4.11. The minimum Gasteiger partial charge on any atom is -0.376 e. The Hall–Kier alpha value is -1.65. The molecule has 1 N–H and O–H groups in total. The summed E-state index contributed by atoms with van der Waals surface area (Å²) in [7, 11) is 5.76. The first-order valence-electron chi connectivity index (χ1n) is 7.82. The second kappa shape index (κ2) is 7.08. The number of pyridine rings is 1. The van der Waals surface area contributed by atoms with Gasteiger partial charge in [-0.2, -0.15) is 0 Å². The molecule has 3 nitrogen and oxygen atoms in total. The van der Waals surface area contributed by atoms with Gasteiger partial charge in [0.05, 0.1) is 13.2 Å². The quantitative estimate of drug-likeness (QED) is 0.852. The Bertz CT molecular complexity index is 597. The Morgan fingerprint density at radius 1 is 1.14 bits per heavy atom. The lowest BCUT2D eigenvalue weighted by Crippen LogP contribution is -2.43. The van der Waals surface area contributed by atoms with Gasteiger partial charge in [-0.25, -0.2) is 0 Å². The number of hydrogen-bond acceptors (Lipinski definition) is 3. The second-order valence-electron chi connectivity index (χ2n) is 6.02. The number of piperidine rings is 1. The number of hydrogen-bond donors (Lipinski definition) is 1. The monoisotopic (exact) mass is 292 g/mol. The van der Waals surface area contributed by atoms with E-state index in [-0.39, 0.29) is 5.41 Å². The molecule has 0 amide bonds. The van der Waals surface area contributed by atoms with Crippen LogP contribution in [0.5, 0.6) is 0 Å². The summed E-state index contributed by atoms with van der Waals surface area (Å²) in [5, 5.41) is 3.44. The first-order chi connectivity index (χ1) is 10.8. The summed E-state index contributed by atoms with van der Waals surface area (Å²) in [5.41, 5.74) is 3.19. The zero-order chi connectivity index (χ0) is 15.3. The van der Waals surface area contributed by atoms with Crippen LogP contribution in [0.4, 0.5) is 0 Å². The lowest BCUT2D eigenvalue weighted by Gasteiger charge is -2.38. The highest BCUT2D eigenvalue weighted by Crippen LogP contribution is 2.33. The maximum atomic E-state index is 6.05. The average molecular weight is 292 g/mol. The van der Waals surface area contributed by atoms with Crippen molar-refractivity contribution in [2.24, 2.45) is 0 Å². The van der Waals surface area contributed by atoms with Gasteiger partial charge in [-0.05, 0) is 37.1 Å². The summed E-state index contributed by atoms with van der Waals surface area (Å²) in [6.07, 6.45) is 5.67. The van der Waals surface area contributed by atoms with Crippen molar-refractivity contribution < 1.29 is 4.74 Å². The largest absolute Gasteiger partial charge is 0.376 e. The Morgan fingerprint density at radius 3 is 2.64 bits per heavy atom. The van der Waals surface area contributed by atoms with Crippen LogP contribution in [0.2, 0.25) is 0 Å². The number of nitrogens with zero attached hydrogens (tertiary/aromatic N) is 1. The molecule has 1 saturated heterocycles. The molecule has 3 rings (SSSR count). The first-order valence-corrected chi connectivity index (χ1v) is 7.82. The summed E-state index contributed by atoms with van der Waals surface area (Å²) in [6, 6.07) is 12.7. The molecule has 2 aromatic rings. The molecule has 1 aromatic carbocycles. The van der Waals surface area contributed by atoms with Crippen LogP contribution < -0.4 is 10.8 Å². The highest BCUT2D eigenvalue weighted by molar-refractivity contribution is 6.32. The van der Waals surface area contributed by atoms with E-state index in [4.69, 9.17) is 12.6 Å². The van der Waals surface area contributed by atoms with Gasteiger partial charge in [0.15, 0.2) is 0 Å². The topological polar surface area (TPSA) is 34.1 Å². The molecule has 0 atom stereocenters. The van der Waals surface area contributed by atoms with Crippen LogP contribution in [-0.2, 0) is 16.8 Å². The third kappa shape index (κ3) is 3.57. The lowest BCUT2D eigenvalue weighted by atomic mass is 9.74.